The summed E-state index contributed by atoms with van der Waals surface area (Å²) >= 11 is 0. The van der Waals surface area contributed by atoms with Crippen molar-refractivity contribution in [2.75, 3.05) is 16.9 Å². The van der Waals surface area contributed by atoms with Crippen LogP contribution in [-0.2, 0) is 6.54 Å². The number of hydrogen-bond acceptors (Lipinski definition) is 4. The maximum absolute atomic E-state index is 4.49. The normalized spacial score (nSPS) is 11.2. The summed E-state index contributed by atoms with van der Waals surface area (Å²) in [5.41, 5.74) is 9.65. The fourth-order valence-corrected chi connectivity index (χ4v) is 3.31. The van der Waals surface area contributed by atoms with Crippen LogP contribution in [0.2, 0.25) is 0 Å². The maximum Gasteiger partial charge on any atom is 0.222 e. The van der Waals surface area contributed by atoms with Crippen molar-refractivity contribution in [1.29, 1.82) is 0 Å². The lowest BCUT2D eigenvalue weighted by Crippen LogP contribution is -2.21. The van der Waals surface area contributed by atoms with Crippen LogP contribution >= 0.6 is 0 Å². The quantitative estimate of drug-likeness (QED) is 0.334. The van der Waals surface area contributed by atoms with E-state index in [9.17, 15) is 0 Å². The van der Waals surface area contributed by atoms with Gasteiger partial charge in [0, 0.05) is 18.8 Å². The van der Waals surface area contributed by atoms with E-state index >= 15 is 0 Å². The molecule has 0 radical (unpaired) electrons. The molecular formula is C24H25N5. The maximum atomic E-state index is 4.49. The molecule has 146 valence electrons. The minimum atomic E-state index is 0.637. The van der Waals surface area contributed by atoms with Gasteiger partial charge in [-0.1, -0.05) is 48.5 Å². The number of aromatic amines is 1. The Bertz CT molecular complexity index is 1100. The summed E-state index contributed by atoms with van der Waals surface area (Å²) in [4.78, 5) is 10.1. The van der Waals surface area contributed by atoms with Crippen LogP contribution < -0.4 is 10.3 Å². The van der Waals surface area contributed by atoms with Crippen molar-refractivity contribution in [3.63, 3.8) is 0 Å². The number of fused-ring (bicyclic) bond motifs is 1. The molecule has 29 heavy (non-hydrogen) atoms. The molecule has 2 N–H and O–H groups in total. The largest absolute Gasteiger partial charge is 0.367 e. The van der Waals surface area contributed by atoms with E-state index in [1.165, 1.54) is 16.8 Å². The topological polar surface area (TPSA) is 56.3 Å². The Morgan fingerprint density at radius 2 is 1.83 bits per heavy atom. The molecule has 3 aromatic carbocycles. The van der Waals surface area contributed by atoms with Gasteiger partial charge in [-0.05, 0) is 54.8 Å². The Kier molecular flexibility index (Phi) is 5.56. The third kappa shape index (κ3) is 4.63. The van der Waals surface area contributed by atoms with Crippen molar-refractivity contribution < 1.29 is 0 Å². The Labute approximate surface area is 171 Å². The summed E-state index contributed by atoms with van der Waals surface area (Å²) in [6.07, 6.45) is 1.80. The summed E-state index contributed by atoms with van der Waals surface area (Å²) in [5.74, 6) is 0.637. The van der Waals surface area contributed by atoms with Gasteiger partial charge in [0.25, 0.3) is 0 Å². The van der Waals surface area contributed by atoms with Crippen LogP contribution in [-0.4, -0.2) is 22.7 Å². The predicted molar refractivity (Wildman–Crippen MR) is 122 cm³/mol. The molecule has 0 fully saturated rings. The lowest BCUT2D eigenvalue weighted by atomic mass is 10.1. The summed E-state index contributed by atoms with van der Waals surface area (Å²) < 4.78 is 0. The van der Waals surface area contributed by atoms with Crippen LogP contribution in [0.3, 0.4) is 0 Å². The van der Waals surface area contributed by atoms with Gasteiger partial charge in [0.15, 0.2) is 0 Å². The van der Waals surface area contributed by atoms with Crippen LogP contribution in [0, 0.1) is 6.92 Å². The highest BCUT2D eigenvalue weighted by Crippen LogP contribution is 2.18. The SMILES string of the molecule is CCN(Cc1ccccc1)c1ccc(/C=N\Nc2nc3ccc(C)cc3[nH]2)cc1. The van der Waals surface area contributed by atoms with Crippen molar-refractivity contribution in [3.05, 3.63) is 89.5 Å². The molecule has 1 heterocycles. The lowest BCUT2D eigenvalue weighted by molar-refractivity contribution is 0.832. The molecule has 0 aliphatic carbocycles. The molecule has 0 aliphatic rings. The van der Waals surface area contributed by atoms with Gasteiger partial charge in [-0.15, -0.1) is 0 Å². The first-order valence-corrected chi connectivity index (χ1v) is 9.85. The zero-order chi connectivity index (χ0) is 20.1. The van der Waals surface area contributed by atoms with E-state index in [1.54, 1.807) is 6.21 Å². The van der Waals surface area contributed by atoms with E-state index in [1.807, 2.05) is 12.1 Å². The first-order chi connectivity index (χ1) is 14.2. The zero-order valence-electron chi connectivity index (χ0n) is 16.8. The minimum Gasteiger partial charge on any atom is -0.367 e. The highest BCUT2D eigenvalue weighted by molar-refractivity contribution is 5.81. The van der Waals surface area contributed by atoms with Crippen molar-refractivity contribution in [1.82, 2.24) is 9.97 Å². The number of aryl methyl sites for hydroxylation is 1. The van der Waals surface area contributed by atoms with E-state index in [2.05, 4.69) is 99.9 Å². The fraction of sp³-hybridized carbons (Fsp3) is 0.167. The number of imidazole rings is 1. The predicted octanol–water partition coefficient (Wildman–Crippen LogP) is 5.34. The van der Waals surface area contributed by atoms with Crippen LogP contribution in [0.15, 0.2) is 77.9 Å². The molecule has 0 bridgehead atoms. The highest BCUT2D eigenvalue weighted by atomic mass is 15.3. The number of nitrogens with one attached hydrogen (secondary N) is 2. The van der Waals surface area contributed by atoms with E-state index in [0.717, 1.165) is 29.7 Å². The van der Waals surface area contributed by atoms with E-state index in [-0.39, 0.29) is 0 Å². The number of anilines is 2. The van der Waals surface area contributed by atoms with Gasteiger partial charge in [-0.25, -0.2) is 10.4 Å². The molecule has 0 amide bonds. The van der Waals surface area contributed by atoms with Gasteiger partial charge in [0.05, 0.1) is 17.2 Å². The fourth-order valence-electron chi connectivity index (χ4n) is 3.31. The third-order valence-corrected chi connectivity index (χ3v) is 4.88. The van der Waals surface area contributed by atoms with Crippen molar-refractivity contribution in [2.45, 2.75) is 20.4 Å². The van der Waals surface area contributed by atoms with E-state index in [4.69, 9.17) is 0 Å². The highest BCUT2D eigenvalue weighted by Gasteiger charge is 2.05. The summed E-state index contributed by atoms with van der Waals surface area (Å²) in [6.45, 7) is 6.10. The number of H-pyrrole nitrogens is 1. The second-order valence-corrected chi connectivity index (χ2v) is 7.07. The average Bonchev–Trinajstić information content (AvgIpc) is 3.15. The summed E-state index contributed by atoms with van der Waals surface area (Å²) in [6, 6.07) is 25.1. The number of hydrazone groups is 1. The molecule has 0 aliphatic heterocycles. The molecule has 0 spiro atoms. The molecule has 0 unspecified atom stereocenters. The number of aromatic nitrogens is 2. The molecular weight excluding hydrogens is 358 g/mol. The molecule has 0 saturated heterocycles. The van der Waals surface area contributed by atoms with Crippen molar-refractivity contribution >= 4 is 28.9 Å². The van der Waals surface area contributed by atoms with Crippen molar-refractivity contribution in [2.24, 2.45) is 5.10 Å². The Morgan fingerprint density at radius 1 is 1.03 bits per heavy atom. The van der Waals surface area contributed by atoms with Gasteiger partial charge in [0.1, 0.15) is 0 Å². The average molecular weight is 383 g/mol. The molecule has 0 saturated carbocycles. The Hall–Kier alpha value is -3.60. The number of rotatable bonds is 7. The van der Waals surface area contributed by atoms with Crippen molar-refractivity contribution in [3.8, 4) is 0 Å². The van der Waals surface area contributed by atoms with Gasteiger partial charge in [-0.3, -0.25) is 0 Å². The van der Waals surface area contributed by atoms with Crippen LogP contribution in [0.4, 0.5) is 11.6 Å². The lowest BCUT2D eigenvalue weighted by Gasteiger charge is -2.23. The molecule has 5 nitrogen and oxygen atoms in total. The summed E-state index contributed by atoms with van der Waals surface area (Å²) in [7, 11) is 0. The molecule has 4 aromatic rings. The standard InChI is InChI=1S/C24H25N5/c1-3-29(17-20-7-5-4-6-8-20)21-12-10-19(11-13-21)16-25-28-24-26-22-14-9-18(2)15-23(22)27-24/h4-16H,3,17H2,1-2H3,(H2,26,27,28)/b25-16-. The Balaban J connectivity index is 1.40. The summed E-state index contributed by atoms with van der Waals surface area (Å²) in [5, 5.41) is 4.31. The molecule has 5 heteroatoms. The number of benzene rings is 3. The van der Waals surface area contributed by atoms with E-state index in [0.29, 0.717) is 5.95 Å². The minimum absolute atomic E-state index is 0.637. The molecule has 0 atom stereocenters. The molecule has 4 rings (SSSR count). The molecule has 1 aromatic heterocycles. The van der Waals surface area contributed by atoms with E-state index < -0.39 is 0 Å². The van der Waals surface area contributed by atoms with Crippen LogP contribution in [0.5, 0.6) is 0 Å². The second-order valence-electron chi connectivity index (χ2n) is 7.07. The third-order valence-electron chi connectivity index (χ3n) is 4.88. The van der Waals surface area contributed by atoms with Crippen LogP contribution in [0.25, 0.3) is 11.0 Å². The zero-order valence-corrected chi connectivity index (χ0v) is 16.8. The monoisotopic (exact) mass is 383 g/mol. The van der Waals surface area contributed by atoms with Gasteiger partial charge >= 0.3 is 0 Å². The first-order valence-electron chi connectivity index (χ1n) is 9.85. The van der Waals surface area contributed by atoms with Gasteiger partial charge < -0.3 is 9.88 Å². The first kappa shape index (κ1) is 18.7. The number of hydrogen-bond donors (Lipinski definition) is 2. The van der Waals surface area contributed by atoms with Crippen LogP contribution in [0.1, 0.15) is 23.6 Å². The smallest absolute Gasteiger partial charge is 0.222 e. The van der Waals surface area contributed by atoms with Gasteiger partial charge in [0.2, 0.25) is 5.95 Å². The Morgan fingerprint density at radius 3 is 2.59 bits per heavy atom. The van der Waals surface area contributed by atoms with Gasteiger partial charge in [-0.2, -0.15) is 5.10 Å². The second kappa shape index (κ2) is 8.61. The number of nitrogens with zero attached hydrogens (tertiary/aromatic N) is 3.